The SMILES string of the molecule is COc1ccccc1CN(C(=O)c1cncnc1N)C1CC1. The first-order valence-electron chi connectivity index (χ1n) is 7.19. The Morgan fingerprint density at radius 1 is 1.41 bits per heavy atom. The number of ether oxygens (including phenoxy) is 1. The number of nitrogens with two attached hydrogens (primary N) is 1. The molecule has 3 rings (SSSR count). The average molecular weight is 298 g/mol. The van der Waals surface area contributed by atoms with Gasteiger partial charge >= 0.3 is 0 Å². The Balaban J connectivity index is 1.88. The minimum absolute atomic E-state index is 0.133. The minimum Gasteiger partial charge on any atom is -0.496 e. The van der Waals surface area contributed by atoms with Gasteiger partial charge in [-0.2, -0.15) is 0 Å². The van der Waals surface area contributed by atoms with Crippen molar-refractivity contribution in [2.75, 3.05) is 12.8 Å². The lowest BCUT2D eigenvalue weighted by molar-refractivity contribution is 0.0729. The van der Waals surface area contributed by atoms with E-state index < -0.39 is 0 Å². The van der Waals surface area contributed by atoms with E-state index in [2.05, 4.69) is 9.97 Å². The number of nitrogen functional groups attached to an aromatic ring is 1. The highest BCUT2D eigenvalue weighted by Crippen LogP contribution is 2.32. The molecule has 6 nitrogen and oxygen atoms in total. The first-order chi connectivity index (χ1) is 10.7. The van der Waals surface area contributed by atoms with Crippen molar-refractivity contribution in [3.8, 4) is 5.75 Å². The first kappa shape index (κ1) is 14.3. The van der Waals surface area contributed by atoms with Crippen LogP contribution in [-0.2, 0) is 6.54 Å². The van der Waals surface area contributed by atoms with E-state index in [9.17, 15) is 4.79 Å². The zero-order valence-electron chi connectivity index (χ0n) is 12.4. The normalized spacial score (nSPS) is 13.7. The van der Waals surface area contributed by atoms with Crippen LogP contribution in [0.5, 0.6) is 5.75 Å². The van der Waals surface area contributed by atoms with Crippen LogP contribution >= 0.6 is 0 Å². The molecule has 1 aliphatic carbocycles. The Morgan fingerprint density at radius 3 is 2.86 bits per heavy atom. The third kappa shape index (κ3) is 2.86. The van der Waals surface area contributed by atoms with Gasteiger partial charge in [0.15, 0.2) is 0 Å². The lowest BCUT2D eigenvalue weighted by atomic mass is 10.1. The molecule has 0 atom stereocenters. The molecular formula is C16H18N4O2. The fourth-order valence-corrected chi connectivity index (χ4v) is 2.43. The van der Waals surface area contributed by atoms with Gasteiger partial charge in [-0.05, 0) is 18.9 Å². The molecule has 1 amide bonds. The van der Waals surface area contributed by atoms with E-state index in [1.165, 1.54) is 12.5 Å². The summed E-state index contributed by atoms with van der Waals surface area (Å²) in [7, 11) is 1.63. The predicted molar refractivity (Wildman–Crippen MR) is 82.3 cm³/mol. The molecule has 6 heteroatoms. The molecule has 0 saturated heterocycles. The maximum Gasteiger partial charge on any atom is 0.259 e. The Kier molecular flexibility index (Phi) is 3.91. The molecule has 22 heavy (non-hydrogen) atoms. The van der Waals surface area contributed by atoms with Gasteiger partial charge in [0.2, 0.25) is 0 Å². The molecule has 1 aromatic heterocycles. The van der Waals surface area contributed by atoms with E-state index in [-0.39, 0.29) is 17.8 Å². The van der Waals surface area contributed by atoms with Gasteiger partial charge in [-0.15, -0.1) is 0 Å². The summed E-state index contributed by atoms with van der Waals surface area (Å²) in [6.07, 6.45) is 4.83. The van der Waals surface area contributed by atoms with Gasteiger partial charge in [0.05, 0.1) is 7.11 Å². The molecule has 0 spiro atoms. The second-order valence-corrected chi connectivity index (χ2v) is 5.30. The van der Waals surface area contributed by atoms with E-state index in [0.29, 0.717) is 12.1 Å². The second kappa shape index (κ2) is 6.01. The van der Waals surface area contributed by atoms with Crippen LogP contribution in [0.25, 0.3) is 0 Å². The van der Waals surface area contributed by atoms with Crippen LogP contribution in [0.4, 0.5) is 5.82 Å². The van der Waals surface area contributed by atoms with Crippen LogP contribution in [0, 0.1) is 0 Å². The topological polar surface area (TPSA) is 81.3 Å². The summed E-state index contributed by atoms with van der Waals surface area (Å²) in [5, 5.41) is 0. The summed E-state index contributed by atoms with van der Waals surface area (Å²) in [6.45, 7) is 0.488. The molecule has 0 bridgehead atoms. The minimum atomic E-state index is -0.133. The number of hydrogen-bond donors (Lipinski definition) is 1. The van der Waals surface area contributed by atoms with Crippen molar-refractivity contribution in [3.05, 3.63) is 47.9 Å². The van der Waals surface area contributed by atoms with Gasteiger partial charge in [0.1, 0.15) is 23.5 Å². The molecule has 2 N–H and O–H groups in total. The van der Waals surface area contributed by atoms with Crippen LogP contribution < -0.4 is 10.5 Å². The van der Waals surface area contributed by atoms with Crippen molar-refractivity contribution >= 4 is 11.7 Å². The zero-order valence-corrected chi connectivity index (χ0v) is 12.4. The van der Waals surface area contributed by atoms with Gasteiger partial charge in [0, 0.05) is 24.3 Å². The molecule has 2 aromatic rings. The number of rotatable bonds is 5. The smallest absolute Gasteiger partial charge is 0.259 e. The fourth-order valence-electron chi connectivity index (χ4n) is 2.43. The summed E-state index contributed by atoms with van der Waals surface area (Å²) in [4.78, 5) is 22.4. The number of amides is 1. The van der Waals surface area contributed by atoms with Gasteiger partial charge in [-0.25, -0.2) is 9.97 Å². The van der Waals surface area contributed by atoms with Gasteiger partial charge in [0.25, 0.3) is 5.91 Å². The molecule has 1 fully saturated rings. The molecule has 1 aromatic carbocycles. The molecular weight excluding hydrogens is 280 g/mol. The highest BCUT2D eigenvalue weighted by molar-refractivity contribution is 5.98. The number of carbonyl (C=O) groups is 1. The lowest BCUT2D eigenvalue weighted by Crippen LogP contribution is -2.33. The van der Waals surface area contributed by atoms with Crippen molar-refractivity contribution in [1.29, 1.82) is 0 Å². The molecule has 0 unspecified atom stereocenters. The highest BCUT2D eigenvalue weighted by atomic mass is 16.5. The van der Waals surface area contributed by atoms with E-state index in [4.69, 9.17) is 10.5 Å². The standard InChI is InChI=1S/C16H18N4O2/c1-22-14-5-3-2-4-11(14)9-20(12-6-7-12)16(21)13-8-18-10-19-15(13)17/h2-5,8,10,12H,6-7,9H2,1H3,(H2,17,18,19). The van der Waals surface area contributed by atoms with Crippen LogP contribution in [-0.4, -0.2) is 33.9 Å². The highest BCUT2D eigenvalue weighted by Gasteiger charge is 2.34. The van der Waals surface area contributed by atoms with E-state index in [1.54, 1.807) is 7.11 Å². The van der Waals surface area contributed by atoms with E-state index >= 15 is 0 Å². The Labute approximate surface area is 128 Å². The average Bonchev–Trinajstić information content (AvgIpc) is 3.37. The quantitative estimate of drug-likeness (QED) is 0.911. The number of carbonyl (C=O) groups excluding carboxylic acids is 1. The van der Waals surface area contributed by atoms with Gasteiger partial charge in [-0.3, -0.25) is 4.79 Å². The van der Waals surface area contributed by atoms with E-state index in [1.807, 2.05) is 29.2 Å². The van der Waals surface area contributed by atoms with Crippen LogP contribution in [0.2, 0.25) is 0 Å². The fraction of sp³-hybridized carbons (Fsp3) is 0.312. The maximum atomic E-state index is 12.8. The number of anilines is 1. The van der Waals surface area contributed by atoms with Crippen LogP contribution in [0.1, 0.15) is 28.8 Å². The number of nitrogens with zero attached hydrogens (tertiary/aromatic N) is 3. The number of para-hydroxylation sites is 1. The zero-order chi connectivity index (χ0) is 15.5. The molecule has 0 radical (unpaired) electrons. The summed E-state index contributed by atoms with van der Waals surface area (Å²) >= 11 is 0. The van der Waals surface area contributed by atoms with E-state index in [0.717, 1.165) is 24.2 Å². The van der Waals surface area contributed by atoms with Crippen molar-refractivity contribution in [3.63, 3.8) is 0 Å². The second-order valence-electron chi connectivity index (χ2n) is 5.30. The molecule has 114 valence electrons. The Hall–Kier alpha value is -2.63. The monoisotopic (exact) mass is 298 g/mol. The maximum absolute atomic E-state index is 12.8. The molecule has 1 heterocycles. The number of aromatic nitrogens is 2. The van der Waals surface area contributed by atoms with Gasteiger partial charge < -0.3 is 15.4 Å². The first-order valence-corrected chi connectivity index (χ1v) is 7.19. The summed E-state index contributed by atoms with van der Waals surface area (Å²) in [5.74, 6) is 0.857. The van der Waals surface area contributed by atoms with Crippen molar-refractivity contribution < 1.29 is 9.53 Å². The van der Waals surface area contributed by atoms with Crippen molar-refractivity contribution in [2.45, 2.75) is 25.4 Å². The largest absolute Gasteiger partial charge is 0.496 e. The number of benzene rings is 1. The summed E-state index contributed by atoms with van der Waals surface area (Å²) < 4.78 is 5.37. The van der Waals surface area contributed by atoms with Gasteiger partial charge in [-0.1, -0.05) is 18.2 Å². The number of hydrogen-bond acceptors (Lipinski definition) is 5. The lowest BCUT2D eigenvalue weighted by Gasteiger charge is -2.23. The third-order valence-electron chi connectivity index (χ3n) is 3.76. The van der Waals surface area contributed by atoms with Crippen molar-refractivity contribution in [2.24, 2.45) is 0 Å². The number of methoxy groups -OCH3 is 1. The summed E-state index contributed by atoms with van der Waals surface area (Å²) in [5.41, 5.74) is 7.13. The Bertz CT molecular complexity index is 685. The molecule has 1 saturated carbocycles. The third-order valence-corrected chi connectivity index (χ3v) is 3.76. The predicted octanol–water partition coefficient (Wildman–Crippen LogP) is 1.87. The molecule has 0 aliphatic heterocycles. The van der Waals surface area contributed by atoms with Crippen LogP contribution in [0.3, 0.4) is 0 Å². The molecule has 1 aliphatic rings. The van der Waals surface area contributed by atoms with Crippen molar-refractivity contribution in [1.82, 2.24) is 14.9 Å². The van der Waals surface area contributed by atoms with Crippen LogP contribution in [0.15, 0.2) is 36.8 Å². The Morgan fingerprint density at radius 2 is 2.18 bits per heavy atom. The summed E-state index contributed by atoms with van der Waals surface area (Å²) in [6, 6.07) is 7.95.